The summed E-state index contributed by atoms with van der Waals surface area (Å²) in [6.45, 7) is 0. The molecule has 0 heterocycles. The van der Waals surface area contributed by atoms with Crippen molar-refractivity contribution in [2.24, 2.45) is 0 Å². The molecule has 0 radical (unpaired) electrons. The second-order valence-corrected chi connectivity index (χ2v) is 3.92. The van der Waals surface area contributed by atoms with Crippen LogP contribution in [0.5, 0.6) is 5.75 Å². The summed E-state index contributed by atoms with van der Waals surface area (Å²) in [7, 11) is 0. The highest BCUT2D eigenvalue weighted by atomic mass is 16.3. The molecule has 0 bridgehead atoms. The van der Waals surface area contributed by atoms with Crippen LogP contribution in [0, 0.1) is 0 Å². The Morgan fingerprint density at radius 3 is 2.50 bits per heavy atom. The highest BCUT2D eigenvalue weighted by Crippen LogP contribution is 2.32. The van der Waals surface area contributed by atoms with Gasteiger partial charge in [-0.2, -0.15) is 0 Å². The van der Waals surface area contributed by atoms with E-state index in [0.29, 0.717) is 0 Å². The first kappa shape index (κ1) is 9.04. The third-order valence-electron chi connectivity index (χ3n) is 2.88. The van der Waals surface area contributed by atoms with Gasteiger partial charge in [0, 0.05) is 11.1 Å². The van der Waals surface area contributed by atoms with Crippen molar-refractivity contribution in [1.29, 1.82) is 0 Å². The van der Waals surface area contributed by atoms with Crippen LogP contribution in [0.1, 0.15) is 0 Å². The van der Waals surface area contributed by atoms with Gasteiger partial charge in [0.05, 0.1) is 0 Å². The Labute approximate surface area is 92.9 Å². The van der Waals surface area contributed by atoms with Gasteiger partial charge in [-0.3, -0.25) is 0 Å². The molecule has 78 valence electrons. The topological polar surface area (TPSA) is 46.2 Å². The summed E-state index contributed by atoms with van der Waals surface area (Å²) in [5, 5.41) is 13.7. The molecule has 2 heteroatoms. The number of benzene rings is 3. The highest BCUT2D eigenvalue weighted by molar-refractivity contribution is 6.12. The first-order valence-corrected chi connectivity index (χ1v) is 5.16. The lowest BCUT2D eigenvalue weighted by Gasteiger charge is -2.07. The van der Waals surface area contributed by atoms with Crippen LogP contribution in [0.15, 0.2) is 48.5 Å². The fourth-order valence-electron chi connectivity index (χ4n) is 2.12. The monoisotopic (exact) mass is 209 g/mol. The summed E-state index contributed by atoms with van der Waals surface area (Å²) in [4.78, 5) is 0. The molecule has 0 aliphatic carbocycles. The summed E-state index contributed by atoms with van der Waals surface area (Å²) in [6.07, 6.45) is 0. The zero-order valence-electron chi connectivity index (χ0n) is 8.64. The maximum absolute atomic E-state index is 9.54. The zero-order valence-corrected chi connectivity index (χ0v) is 8.64. The number of phenolic OH excluding ortho intramolecular Hbond substituents is 1. The van der Waals surface area contributed by atoms with E-state index in [-0.39, 0.29) is 5.75 Å². The first-order valence-electron chi connectivity index (χ1n) is 5.16. The van der Waals surface area contributed by atoms with Crippen LogP contribution in [0.25, 0.3) is 21.5 Å². The highest BCUT2D eigenvalue weighted by Gasteiger charge is 2.04. The van der Waals surface area contributed by atoms with Gasteiger partial charge in [0.2, 0.25) is 0 Å². The quantitative estimate of drug-likeness (QED) is 0.441. The van der Waals surface area contributed by atoms with Gasteiger partial charge in [0.1, 0.15) is 5.75 Å². The van der Waals surface area contributed by atoms with Crippen LogP contribution >= 0.6 is 0 Å². The van der Waals surface area contributed by atoms with Crippen molar-refractivity contribution in [2.75, 3.05) is 5.73 Å². The van der Waals surface area contributed by atoms with Gasteiger partial charge in [0.15, 0.2) is 0 Å². The largest absolute Gasteiger partial charge is 0.508 e. The summed E-state index contributed by atoms with van der Waals surface area (Å²) < 4.78 is 0. The second-order valence-electron chi connectivity index (χ2n) is 3.92. The predicted molar refractivity (Wildman–Crippen MR) is 67.5 cm³/mol. The number of nitrogen functional groups attached to an aromatic ring is 1. The minimum absolute atomic E-state index is 0.267. The van der Waals surface area contributed by atoms with E-state index in [0.717, 1.165) is 27.2 Å². The van der Waals surface area contributed by atoms with Crippen molar-refractivity contribution < 1.29 is 5.11 Å². The van der Waals surface area contributed by atoms with Gasteiger partial charge in [-0.1, -0.05) is 24.3 Å². The Bertz CT molecular complexity index is 689. The maximum Gasteiger partial charge on any atom is 0.116 e. The number of anilines is 1. The molecule has 3 aromatic carbocycles. The van der Waals surface area contributed by atoms with E-state index in [1.165, 1.54) is 0 Å². The van der Waals surface area contributed by atoms with E-state index in [4.69, 9.17) is 5.73 Å². The Hall–Kier alpha value is -2.22. The van der Waals surface area contributed by atoms with Crippen molar-refractivity contribution in [2.45, 2.75) is 0 Å². The van der Waals surface area contributed by atoms with Crippen LogP contribution in [0.3, 0.4) is 0 Å². The van der Waals surface area contributed by atoms with Gasteiger partial charge in [-0.05, 0) is 40.4 Å². The Balaban J connectivity index is 2.61. The lowest BCUT2D eigenvalue weighted by atomic mass is 10.0. The number of hydrogen-bond acceptors (Lipinski definition) is 2. The number of nitrogens with two attached hydrogens (primary N) is 1. The van der Waals surface area contributed by atoms with E-state index < -0.39 is 0 Å². The molecule has 0 aliphatic heterocycles. The van der Waals surface area contributed by atoms with Gasteiger partial charge in [0.25, 0.3) is 0 Å². The van der Waals surface area contributed by atoms with E-state index in [1.807, 2.05) is 36.4 Å². The lowest BCUT2D eigenvalue weighted by molar-refractivity contribution is 0.476. The molecule has 3 N–H and O–H groups in total. The van der Waals surface area contributed by atoms with Crippen molar-refractivity contribution in [3.8, 4) is 5.75 Å². The third kappa shape index (κ3) is 1.20. The standard InChI is InChI=1S/C14H11NO/c15-14-7-9-3-1-2-4-11(9)13-8-10(16)5-6-12(13)14/h1-8,16H,15H2. The van der Waals surface area contributed by atoms with Crippen LogP contribution in [-0.4, -0.2) is 5.11 Å². The van der Waals surface area contributed by atoms with Gasteiger partial charge in [-0.25, -0.2) is 0 Å². The zero-order chi connectivity index (χ0) is 11.1. The molecule has 0 aliphatic rings. The molecule has 2 nitrogen and oxygen atoms in total. The molecule has 3 aromatic rings. The lowest BCUT2D eigenvalue weighted by Crippen LogP contribution is -1.88. The van der Waals surface area contributed by atoms with Crippen LogP contribution < -0.4 is 5.73 Å². The van der Waals surface area contributed by atoms with Crippen molar-refractivity contribution in [3.05, 3.63) is 48.5 Å². The normalized spacial score (nSPS) is 11.0. The van der Waals surface area contributed by atoms with Crippen LogP contribution in [-0.2, 0) is 0 Å². The minimum atomic E-state index is 0.267. The minimum Gasteiger partial charge on any atom is -0.508 e. The van der Waals surface area contributed by atoms with Gasteiger partial charge in [-0.15, -0.1) is 0 Å². The molecule has 0 fully saturated rings. The molecular weight excluding hydrogens is 198 g/mol. The van der Waals surface area contributed by atoms with E-state index in [2.05, 4.69) is 0 Å². The summed E-state index contributed by atoms with van der Waals surface area (Å²) in [6, 6.07) is 15.3. The van der Waals surface area contributed by atoms with Crippen molar-refractivity contribution >= 4 is 27.2 Å². The molecule has 0 atom stereocenters. The number of fused-ring (bicyclic) bond motifs is 3. The number of phenols is 1. The molecule has 0 aromatic heterocycles. The van der Waals surface area contributed by atoms with E-state index in [1.54, 1.807) is 12.1 Å². The number of aromatic hydroxyl groups is 1. The maximum atomic E-state index is 9.54. The Morgan fingerprint density at radius 2 is 1.62 bits per heavy atom. The first-order chi connectivity index (χ1) is 7.75. The summed E-state index contributed by atoms with van der Waals surface area (Å²) in [5.74, 6) is 0.267. The summed E-state index contributed by atoms with van der Waals surface area (Å²) in [5.41, 5.74) is 6.73. The van der Waals surface area contributed by atoms with Gasteiger partial charge < -0.3 is 10.8 Å². The molecule has 0 saturated heterocycles. The van der Waals surface area contributed by atoms with Crippen LogP contribution in [0.4, 0.5) is 5.69 Å². The SMILES string of the molecule is Nc1cc2ccccc2c2cc(O)ccc12. The molecule has 16 heavy (non-hydrogen) atoms. The average molecular weight is 209 g/mol. The molecule has 3 rings (SSSR count). The fourth-order valence-corrected chi connectivity index (χ4v) is 2.12. The number of hydrogen-bond donors (Lipinski definition) is 2. The van der Waals surface area contributed by atoms with E-state index in [9.17, 15) is 5.11 Å². The predicted octanol–water partition coefficient (Wildman–Crippen LogP) is 3.28. The molecule has 0 spiro atoms. The molecule has 0 saturated carbocycles. The number of rotatable bonds is 0. The van der Waals surface area contributed by atoms with Crippen molar-refractivity contribution in [3.63, 3.8) is 0 Å². The summed E-state index contributed by atoms with van der Waals surface area (Å²) >= 11 is 0. The Morgan fingerprint density at radius 1 is 0.812 bits per heavy atom. The third-order valence-corrected chi connectivity index (χ3v) is 2.88. The van der Waals surface area contributed by atoms with E-state index >= 15 is 0 Å². The Kier molecular flexibility index (Phi) is 1.77. The average Bonchev–Trinajstić information content (AvgIpc) is 2.29. The van der Waals surface area contributed by atoms with Gasteiger partial charge >= 0.3 is 0 Å². The fraction of sp³-hybridized carbons (Fsp3) is 0. The molecule has 0 unspecified atom stereocenters. The van der Waals surface area contributed by atoms with Crippen molar-refractivity contribution in [1.82, 2.24) is 0 Å². The smallest absolute Gasteiger partial charge is 0.116 e. The second kappa shape index (κ2) is 3.14. The molecular formula is C14H11NO. The molecule has 0 amide bonds. The van der Waals surface area contributed by atoms with Crippen LogP contribution in [0.2, 0.25) is 0 Å².